The summed E-state index contributed by atoms with van der Waals surface area (Å²) in [5.74, 6) is -0.212. The summed E-state index contributed by atoms with van der Waals surface area (Å²) in [5, 5.41) is 0. The molecule has 0 N–H and O–H groups in total. The molecule has 2 aromatic rings. The number of carbonyl (C=O) groups is 2. The van der Waals surface area contributed by atoms with Crippen LogP contribution >= 0.6 is 15.9 Å². The van der Waals surface area contributed by atoms with Crippen LogP contribution in [0.1, 0.15) is 37.7 Å². The fourth-order valence-corrected chi connectivity index (χ4v) is 4.61. The molecule has 1 aliphatic carbocycles. The Labute approximate surface area is 161 Å². The average Bonchev–Trinajstić information content (AvgIpc) is 3.03. The van der Waals surface area contributed by atoms with E-state index < -0.39 is 5.41 Å². The molecule has 2 aliphatic rings. The number of hydrogen-bond acceptors (Lipinski definition) is 2. The van der Waals surface area contributed by atoms with Crippen molar-refractivity contribution in [2.75, 3.05) is 4.90 Å². The Hall–Kier alpha value is -2.20. The fourth-order valence-electron chi connectivity index (χ4n) is 4.35. The molecule has 4 rings (SSSR count). The quantitative estimate of drug-likeness (QED) is 0.637. The number of halogens is 1. The van der Waals surface area contributed by atoms with Crippen LogP contribution in [0.4, 0.5) is 5.69 Å². The van der Waals surface area contributed by atoms with Crippen LogP contribution in [0.15, 0.2) is 70.8 Å². The van der Waals surface area contributed by atoms with Crippen molar-refractivity contribution in [2.24, 2.45) is 5.41 Å². The van der Waals surface area contributed by atoms with Crippen LogP contribution in [0, 0.1) is 5.41 Å². The minimum atomic E-state index is -0.978. The molecule has 0 saturated heterocycles. The molecule has 1 spiro atoms. The Morgan fingerprint density at radius 3 is 2.35 bits per heavy atom. The van der Waals surface area contributed by atoms with Gasteiger partial charge >= 0.3 is 0 Å². The van der Waals surface area contributed by atoms with Crippen LogP contribution in [0.5, 0.6) is 0 Å². The minimum absolute atomic E-state index is 0.0715. The number of rotatable bonds is 2. The predicted octanol–water partition coefficient (Wildman–Crippen LogP) is 5.22. The summed E-state index contributed by atoms with van der Waals surface area (Å²) in [4.78, 5) is 28.4. The van der Waals surface area contributed by atoms with Crippen LogP contribution in [0.25, 0.3) is 0 Å². The van der Waals surface area contributed by atoms with Gasteiger partial charge < -0.3 is 0 Å². The first kappa shape index (κ1) is 17.2. The van der Waals surface area contributed by atoms with Crippen molar-refractivity contribution < 1.29 is 9.59 Å². The number of carbonyl (C=O) groups excluding carboxylic acids is 2. The van der Waals surface area contributed by atoms with Crippen molar-refractivity contribution >= 4 is 33.3 Å². The second kappa shape index (κ2) is 6.51. The Morgan fingerprint density at radius 2 is 1.73 bits per heavy atom. The van der Waals surface area contributed by atoms with Crippen molar-refractivity contribution in [1.29, 1.82) is 0 Å². The molecule has 1 amide bonds. The minimum Gasteiger partial charge on any atom is -0.298 e. The largest absolute Gasteiger partial charge is 0.298 e. The first-order valence-corrected chi connectivity index (χ1v) is 9.70. The van der Waals surface area contributed by atoms with Crippen molar-refractivity contribution in [3.8, 4) is 0 Å². The van der Waals surface area contributed by atoms with Gasteiger partial charge in [0.15, 0.2) is 0 Å². The fraction of sp³-hybridized carbons (Fsp3) is 0.273. The number of benzene rings is 2. The SMILES string of the molecule is CC1=C[C@H](c2ccccc2)[C@@]2(CCCC2=O)C(=O)N1c1ccc(Br)cc1. The van der Waals surface area contributed by atoms with Crippen molar-refractivity contribution in [3.05, 3.63) is 76.4 Å². The average molecular weight is 410 g/mol. The van der Waals surface area contributed by atoms with E-state index in [1.54, 1.807) is 4.90 Å². The molecule has 0 radical (unpaired) electrons. The van der Waals surface area contributed by atoms with Crippen LogP contribution in [-0.2, 0) is 9.59 Å². The standard InChI is InChI=1S/C22H20BrNO2/c1-15-14-19(16-6-3-2-4-7-16)22(13-5-8-20(22)25)21(26)24(15)18-11-9-17(23)10-12-18/h2-4,6-7,9-12,14,19H,5,8,13H2,1H3/t19-,22-/m1/s1. The molecule has 26 heavy (non-hydrogen) atoms. The smallest absolute Gasteiger partial charge is 0.245 e. The number of hydrogen-bond donors (Lipinski definition) is 0. The zero-order valence-electron chi connectivity index (χ0n) is 14.6. The molecule has 0 aromatic heterocycles. The number of allylic oxidation sites excluding steroid dienone is 2. The summed E-state index contributed by atoms with van der Waals surface area (Å²) in [6, 6.07) is 17.6. The number of anilines is 1. The van der Waals surface area contributed by atoms with E-state index in [9.17, 15) is 9.59 Å². The number of ketones is 1. The summed E-state index contributed by atoms with van der Waals surface area (Å²) < 4.78 is 0.959. The lowest BCUT2D eigenvalue weighted by molar-refractivity contribution is -0.139. The third-order valence-corrected chi connectivity index (χ3v) is 6.12. The van der Waals surface area contributed by atoms with Crippen molar-refractivity contribution in [3.63, 3.8) is 0 Å². The molecule has 1 heterocycles. The van der Waals surface area contributed by atoms with Crippen LogP contribution in [0.2, 0.25) is 0 Å². The lowest BCUT2D eigenvalue weighted by Crippen LogP contribution is -2.52. The topological polar surface area (TPSA) is 37.4 Å². The van der Waals surface area contributed by atoms with Gasteiger partial charge in [-0.15, -0.1) is 0 Å². The van der Waals surface area contributed by atoms with Crippen LogP contribution in [-0.4, -0.2) is 11.7 Å². The lowest BCUT2D eigenvalue weighted by Gasteiger charge is -2.42. The lowest BCUT2D eigenvalue weighted by atomic mass is 9.66. The summed E-state index contributed by atoms with van der Waals surface area (Å²) in [6.07, 6.45) is 3.97. The monoisotopic (exact) mass is 409 g/mol. The van der Waals surface area contributed by atoms with Gasteiger partial charge in [-0.2, -0.15) is 0 Å². The Morgan fingerprint density at radius 1 is 1.04 bits per heavy atom. The van der Waals surface area contributed by atoms with E-state index in [1.807, 2.05) is 61.5 Å². The first-order valence-electron chi connectivity index (χ1n) is 8.91. The van der Waals surface area contributed by atoms with Gasteiger partial charge in [-0.1, -0.05) is 52.3 Å². The summed E-state index contributed by atoms with van der Waals surface area (Å²) in [7, 11) is 0. The highest BCUT2D eigenvalue weighted by molar-refractivity contribution is 9.10. The highest BCUT2D eigenvalue weighted by atomic mass is 79.9. The Kier molecular flexibility index (Phi) is 4.31. The highest BCUT2D eigenvalue weighted by Crippen LogP contribution is 2.52. The second-order valence-corrected chi connectivity index (χ2v) is 7.98. The molecule has 3 nitrogen and oxygen atoms in total. The number of amides is 1. The third kappa shape index (κ3) is 2.55. The number of Topliss-reactive ketones (excluding diaryl/α,β-unsaturated/α-hetero) is 1. The van der Waals surface area contributed by atoms with E-state index >= 15 is 0 Å². The normalized spacial score (nSPS) is 25.7. The van der Waals surface area contributed by atoms with Gasteiger partial charge in [0.05, 0.1) is 0 Å². The van der Waals surface area contributed by atoms with Crippen molar-refractivity contribution in [1.82, 2.24) is 0 Å². The van der Waals surface area contributed by atoms with E-state index in [2.05, 4.69) is 22.0 Å². The maximum Gasteiger partial charge on any atom is 0.245 e. The van der Waals surface area contributed by atoms with Gasteiger partial charge in [0, 0.05) is 28.2 Å². The van der Waals surface area contributed by atoms with Crippen molar-refractivity contribution in [2.45, 2.75) is 32.1 Å². The zero-order valence-corrected chi connectivity index (χ0v) is 16.2. The summed E-state index contributed by atoms with van der Waals surface area (Å²) >= 11 is 3.44. The summed E-state index contributed by atoms with van der Waals surface area (Å²) in [6.45, 7) is 1.95. The van der Waals surface area contributed by atoms with Crippen LogP contribution < -0.4 is 4.90 Å². The molecule has 0 bridgehead atoms. The molecule has 2 aromatic carbocycles. The molecule has 2 atom stereocenters. The predicted molar refractivity (Wildman–Crippen MR) is 106 cm³/mol. The molecule has 132 valence electrons. The van der Waals surface area contributed by atoms with Gasteiger partial charge in [0.2, 0.25) is 5.91 Å². The highest BCUT2D eigenvalue weighted by Gasteiger charge is 2.57. The van der Waals surface area contributed by atoms with Crippen LogP contribution in [0.3, 0.4) is 0 Å². The molecular weight excluding hydrogens is 390 g/mol. The van der Waals surface area contributed by atoms with E-state index in [1.165, 1.54) is 0 Å². The van der Waals surface area contributed by atoms with Gasteiger partial charge in [0.25, 0.3) is 0 Å². The van der Waals surface area contributed by atoms with Gasteiger partial charge in [-0.05, 0) is 49.6 Å². The maximum absolute atomic E-state index is 13.7. The molecule has 1 saturated carbocycles. The first-order chi connectivity index (χ1) is 12.5. The molecule has 1 fully saturated rings. The zero-order chi connectivity index (χ0) is 18.3. The summed E-state index contributed by atoms with van der Waals surface area (Å²) in [5.41, 5.74) is 1.73. The van der Waals surface area contributed by atoms with Gasteiger partial charge in [0.1, 0.15) is 11.2 Å². The van der Waals surface area contributed by atoms with Gasteiger partial charge in [-0.25, -0.2) is 0 Å². The van der Waals surface area contributed by atoms with Gasteiger partial charge in [-0.3, -0.25) is 14.5 Å². The van der Waals surface area contributed by atoms with E-state index in [0.717, 1.165) is 27.8 Å². The van der Waals surface area contributed by atoms with E-state index in [4.69, 9.17) is 0 Å². The Bertz CT molecular complexity index is 888. The van der Waals surface area contributed by atoms with E-state index in [-0.39, 0.29) is 17.6 Å². The third-order valence-electron chi connectivity index (χ3n) is 5.59. The molecule has 0 unspecified atom stereocenters. The molecule has 4 heteroatoms. The second-order valence-electron chi connectivity index (χ2n) is 7.06. The molecular formula is C22H20BrNO2. The Balaban J connectivity index is 1.88. The maximum atomic E-state index is 13.7. The number of nitrogens with zero attached hydrogens (tertiary/aromatic N) is 1. The van der Waals surface area contributed by atoms with E-state index in [0.29, 0.717) is 12.8 Å². The molecule has 1 aliphatic heterocycles.